The quantitative estimate of drug-likeness (QED) is 0.113. The van der Waals surface area contributed by atoms with Gasteiger partial charge in [0.25, 0.3) is 0 Å². The Kier molecular flexibility index (Phi) is 14.5. The number of hydrogen-bond donors (Lipinski definition) is 0. The Hall–Kier alpha value is -13.8. The van der Waals surface area contributed by atoms with Crippen molar-refractivity contribution < 1.29 is 0 Å². The third-order valence-electron chi connectivity index (χ3n) is 18.7. The molecule has 0 spiro atoms. The molecular weight excluding hydrogens is 1190 g/mol. The molecule has 0 N–H and O–H groups in total. The maximum absolute atomic E-state index is 11.0. The first-order valence-corrected chi connectivity index (χ1v) is 32.5. The largest absolute Gasteiger partial charge is 0.309 e. The number of aromatic nitrogens is 5. The minimum Gasteiger partial charge on any atom is -0.309 e. The number of hydrogen-bond acceptors (Lipinski definition) is 5. The van der Waals surface area contributed by atoms with Gasteiger partial charge in [0.1, 0.15) is 0 Å². The van der Waals surface area contributed by atoms with Crippen molar-refractivity contribution in [2.75, 3.05) is 0 Å². The van der Waals surface area contributed by atoms with Crippen LogP contribution in [0.2, 0.25) is 0 Å². The van der Waals surface area contributed by atoms with Crippen LogP contribution in [0, 0.1) is 29.2 Å². The van der Waals surface area contributed by atoms with Crippen LogP contribution in [-0.4, -0.2) is 24.1 Å². The van der Waals surface area contributed by atoms with Crippen molar-refractivity contribution >= 4 is 49.3 Å². The van der Waals surface area contributed by atoms with Crippen LogP contribution >= 0.6 is 0 Å². The van der Waals surface area contributed by atoms with Gasteiger partial charge in [-0.1, -0.05) is 224 Å². The molecule has 3 heterocycles. The predicted octanol–water partition coefficient (Wildman–Crippen LogP) is 23.0. The van der Waals surface area contributed by atoms with Crippen molar-refractivity contribution in [1.29, 1.82) is 10.5 Å². The predicted molar refractivity (Wildman–Crippen MR) is 399 cm³/mol. The lowest BCUT2D eigenvalue weighted by molar-refractivity contribution is 1.07. The van der Waals surface area contributed by atoms with E-state index < -0.39 is 0 Å². The first-order valence-electron chi connectivity index (χ1n) is 32.5. The van der Waals surface area contributed by atoms with Gasteiger partial charge in [-0.25, -0.2) is 19.8 Å². The summed E-state index contributed by atoms with van der Waals surface area (Å²) in [4.78, 5) is 20.8. The Morgan fingerprint density at radius 3 is 1.00 bits per heavy atom. The molecule has 0 saturated carbocycles. The first kappa shape index (κ1) is 58.0. The molecule has 17 rings (SSSR count). The van der Waals surface area contributed by atoms with Gasteiger partial charge >= 0.3 is 0 Å². The van der Waals surface area contributed by atoms with E-state index in [2.05, 4.69) is 232 Å². The molecule has 0 atom stereocenters. The summed E-state index contributed by atoms with van der Waals surface area (Å²) in [6.07, 6.45) is 0. The Balaban J connectivity index is 0.912. The molecule has 8 nitrogen and oxygen atoms in total. The third kappa shape index (κ3) is 10.3. The zero-order valence-electron chi connectivity index (χ0n) is 52.8. The summed E-state index contributed by atoms with van der Waals surface area (Å²) in [6.45, 7) is 8.65. The van der Waals surface area contributed by atoms with Gasteiger partial charge in [-0.3, -0.25) is 0 Å². The highest BCUT2D eigenvalue weighted by Crippen LogP contribution is 2.46. The number of rotatable bonds is 12. The van der Waals surface area contributed by atoms with Gasteiger partial charge in [0.05, 0.1) is 51.9 Å². The number of nitriles is 2. The molecule has 14 aromatic carbocycles. The molecule has 17 aromatic rings. The molecule has 0 fully saturated rings. The Morgan fingerprint density at radius 1 is 0.265 bits per heavy atom. The highest BCUT2D eigenvalue weighted by atomic mass is 15.0. The molecule has 0 unspecified atom stereocenters. The molecule has 8 heteroatoms. The Morgan fingerprint density at radius 2 is 0.602 bits per heavy atom. The van der Waals surface area contributed by atoms with Crippen molar-refractivity contribution in [3.05, 3.63) is 350 Å². The van der Waals surface area contributed by atoms with E-state index in [0.29, 0.717) is 56.5 Å². The topological polar surface area (TPSA) is 100 Å². The Labute approximate surface area is 566 Å². The molecule has 0 bridgehead atoms. The smallest absolute Gasteiger partial charge is 0.194 e. The van der Waals surface area contributed by atoms with Crippen molar-refractivity contribution in [2.45, 2.75) is 0 Å². The zero-order chi connectivity index (χ0) is 65.6. The van der Waals surface area contributed by atoms with Gasteiger partial charge in [-0.2, -0.15) is 10.5 Å². The summed E-state index contributed by atoms with van der Waals surface area (Å²) in [5.41, 5.74) is 23.0. The molecule has 98 heavy (non-hydrogen) atoms. The van der Waals surface area contributed by atoms with Crippen molar-refractivity contribution in [3.63, 3.8) is 0 Å². The van der Waals surface area contributed by atoms with Crippen LogP contribution in [0.4, 0.5) is 5.69 Å². The van der Waals surface area contributed by atoms with E-state index in [9.17, 15) is 10.5 Å². The minimum atomic E-state index is 0.371. The molecule has 0 radical (unpaired) electrons. The number of benzene rings is 14. The maximum Gasteiger partial charge on any atom is 0.194 e. The fraction of sp³-hybridized carbons (Fsp3) is 0. The molecule has 0 aliphatic heterocycles. The third-order valence-corrected chi connectivity index (χ3v) is 18.7. The van der Waals surface area contributed by atoms with Crippen molar-refractivity contribution in [3.8, 4) is 136 Å². The molecule has 0 saturated heterocycles. The molecule has 3 aromatic heterocycles. The fourth-order valence-corrected chi connectivity index (χ4v) is 14.0. The maximum atomic E-state index is 11.0. The average Bonchev–Trinajstić information content (AvgIpc) is 1.33. The van der Waals surface area contributed by atoms with Crippen LogP contribution < -0.4 is 0 Å². The van der Waals surface area contributed by atoms with E-state index >= 15 is 0 Å². The van der Waals surface area contributed by atoms with Crippen LogP contribution in [0.1, 0.15) is 11.1 Å². The lowest BCUT2D eigenvalue weighted by Gasteiger charge is -2.18. The summed E-state index contributed by atoms with van der Waals surface area (Å²) < 4.78 is 4.64. The number of fused-ring (bicyclic) bond motifs is 6. The first-order chi connectivity index (χ1) is 48.4. The van der Waals surface area contributed by atoms with Gasteiger partial charge in [-0.15, -0.1) is 0 Å². The zero-order valence-corrected chi connectivity index (χ0v) is 52.8. The van der Waals surface area contributed by atoms with E-state index in [4.69, 9.17) is 21.5 Å². The SMILES string of the molecule is [C-]#[N+]c1ccccc1-c1cc(-n2c3ccc(-c4ccccc4)cc3c3cc(-c4ccccc4)ccc32)ccc1-c1nc(-c2ccccc2-c2ccc(C#N)cc2)nc(-c2ccc(-n3c4ccc(-c5ccccc5)cc4c4cc(-c5ccccc5)ccc43)cc2-c2ccccc2C#N)n1. The summed E-state index contributed by atoms with van der Waals surface area (Å²) in [5, 5.41) is 25.3. The summed E-state index contributed by atoms with van der Waals surface area (Å²) >= 11 is 0. The Bertz CT molecular complexity index is 5610. The molecule has 454 valence electrons. The van der Waals surface area contributed by atoms with Crippen molar-refractivity contribution in [2.24, 2.45) is 0 Å². The van der Waals surface area contributed by atoms with E-state index in [1.54, 1.807) is 0 Å². The van der Waals surface area contributed by atoms with Crippen LogP contribution in [-0.2, 0) is 0 Å². The van der Waals surface area contributed by atoms with Crippen LogP contribution in [0.25, 0.3) is 172 Å². The lowest BCUT2D eigenvalue weighted by Crippen LogP contribution is -2.04. The van der Waals surface area contributed by atoms with Gasteiger partial charge in [0, 0.05) is 55.2 Å². The molecule has 0 aliphatic rings. The van der Waals surface area contributed by atoms with Gasteiger partial charge in [0.2, 0.25) is 0 Å². The highest BCUT2D eigenvalue weighted by molar-refractivity contribution is 6.13. The molecule has 0 amide bonds. The normalized spacial score (nSPS) is 11.2. The second-order valence-electron chi connectivity index (χ2n) is 24.3. The summed E-state index contributed by atoms with van der Waals surface area (Å²) in [6, 6.07) is 117. The highest BCUT2D eigenvalue weighted by Gasteiger charge is 2.25. The van der Waals surface area contributed by atoms with E-state index in [-0.39, 0.29) is 0 Å². The summed E-state index contributed by atoms with van der Waals surface area (Å²) in [7, 11) is 0. The van der Waals surface area contributed by atoms with E-state index in [1.807, 2.05) is 121 Å². The second-order valence-corrected chi connectivity index (χ2v) is 24.3. The average molecular weight is 1250 g/mol. The standard InChI is InChI=1S/C90H54N8/c1-93-83-33-19-18-31-73(83)78-55-70(98-86-48-40-66(61-24-10-4-11-25-61)52-81(86)82-53-67(41-49-87(82)98)62-26-12-5-13-27-62)43-45-76(78)90-95-88(74-32-17-16-29-71(74)63-36-34-58(56-91)35-37-63)94-89(96-90)75-44-42-69(54-77(75)72-30-15-14-28-68(72)57-92)97-84-46-38-64(59-20-6-2-7-21-59)50-79(84)80-51-65(39-47-85(80)97)60-22-8-3-9-23-60/h2-55H. The van der Waals surface area contributed by atoms with Gasteiger partial charge in [-0.05, 0) is 175 Å². The monoisotopic (exact) mass is 1250 g/mol. The minimum absolute atomic E-state index is 0.371. The number of para-hydroxylation sites is 1. The molecular formula is C90H54N8. The van der Waals surface area contributed by atoms with Crippen molar-refractivity contribution in [1.82, 2.24) is 24.1 Å². The lowest BCUT2D eigenvalue weighted by atomic mass is 9.94. The second kappa shape index (κ2) is 24.6. The van der Waals surface area contributed by atoms with Crippen LogP contribution in [0.3, 0.4) is 0 Å². The number of nitrogens with zero attached hydrogens (tertiary/aromatic N) is 8. The fourth-order valence-electron chi connectivity index (χ4n) is 14.0. The van der Waals surface area contributed by atoms with E-state index in [0.717, 1.165) is 127 Å². The van der Waals surface area contributed by atoms with E-state index in [1.165, 1.54) is 0 Å². The summed E-state index contributed by atoms with van der Waals surface area (Å²) in [5.74, 6) is 1.15. The molecule has 0 aliphatic carbocycles. The van der Waals surface area contributed by atoms with Gasteiger partial charge < -0.3 is 9.13 Å². The van der Waals surface area contributed by atoms with Crippen LogP contribution in [0.15, 0.2) is 328 Å². The van der Waals surface area contributed by atoms with Crippen LogP contribution in [0.5, 0.6) is 0 Å². The van der Waals surface area contributed by atoms with Gasteiger partial charge in [0.15, 0.2) is 23.2 Å².